The molecule has 1 heterocycles. The third kappa shape index (κ3) is 4.93. The lowest BCUT2D eigenvalue weighted by Gasteiger charge is -2.25. The smallest absolute Gasteiger partial charge is 0.384 e. The summed E-state index contributed by atoms with van der Waals surface area (Å²) < 4.78 is 19.9. The summed E-state index contributed by atoms with van der Waals surface area (Å²) in [5.41, 5.74) is -1.26. The molecule has 1 aromatic heterocycles. The van der Waals surface area contributed by atoms with E-state index >= 15 is 0 Å². The van der Waals surface area contributed by atoms with Crippen LogP contribution in [0, 0.1) is 0 Å². The van der Waals surface area contributed by atoms with E-state index in [2.05, 4.69) is 9.15 Å². The highest BCUT2D eigenvalue weighted by atomic mass is 17.0. The molecule has 0 unspecified atom stereocenters. The minimum atomic E-state index is -0.718. The molecule has 0 fully saturated rings. The second-order valence-corrected chi connectivity index (χ2v) is 6.62. The summed E-state index contributed by atoms with van der Waals surface area (Å²) in [6.45, 7) is 11.2. The van der Waals surface area contributed by atoms with Gasteiger partial charge in [-0.05, 0) is 40.5 Å². The van der Waals surface area contributed by atoms with Gasteiger partial charge in [-0.2, -0.15) is 0 Å². The standard InChI is InChI=1S/C16H26O6/c1-7-9-15(3,4)19-13(17)11-12(22-21-11)14(18)20-16(5,6)10-8-2/h7-10H2,1-6H3. The topological polar surface area (TPSA) is 78.9 Å². The maximum Gasteiger partial charge on any atom is 0.384 e. The number of carbonyl (C=O) groups is 2. The average molecular weight is 314 g/mol. The second kappa shape index (κ2) is 7.03. The zero-order valence-electron chi connectivity index (χ0n) is 14.3. The Hall–Kier alpha value is -1.72. The molecule has 0 aliphatic carbocycles. The highest BCUT2D eigenvalue weighted by molar-refractivity contribution is 5.99. The monoisotopic (exact) mass is 314 g/mol. The third-order valence-corrected chi connectivity index (χ3v) is 3.23. The van der Waals surface area contributed by atoms with Gasteiger partial charge in [0.05, 0.1) is 0 Å². The SMILES string of the molecule is CCCC(C)(C)OC(=O)c1ooc1C(=O)OC(C)(C)CCC. The highest BCUT2D eigenvalue weighted by Gasteiger charge is 2.37. The summed E-state index contributed by atoms with van der Waals surface area (Å²) in [5, 5.41) is 0. The number of esters is 2. The fourth-order valence-electron chi connectivity index (χ4n) is 2.28. The summed E-state index contributed by atoms with van der Waals surface area (Å²) >= 11 is 0. The molecule has 0 saturated carbocycles. The zero-order chi connectivity index (χ0) is 17.0. The van der Waals surface area contributed by atoms with Crippen LogP contribution < -0.4 is 0 Å². The lowest BCUT2D eigenvalue weighted by atomic mass is 10.0. The molecule has 0 aromatic carbocycles. The summed E-state index contributed by atoms with van der Waals surface area (Å²) in [6.07, 6.45) is 3.15. The molecule has 0 aliphatic rings. The molecule has 1 rings (SSSR count). The molecular weight excluding hydrogens is 288 g/mol. The van der Waals surface area contributed by atoms with Crippen molar-refractivity contribution in [1.29, 1.82) is 0 Å². The van der Waals surface area contributed by atoms with Gasteiger partial charge < -0.3 is 9.47 Å². The first-order valence-electron chi connectivity index (χ1n) is 7.67. The van der Waals surface area contributed by atoms with Gasteiger partial charge in [0.1, 0.15) is 11.2 Å². The molecule has 0 atom stereocenters. The quantitative estimate of drug-likeness (QED) is 0.524. The van der Waals surface area contributed by atoms with Crippen LogP contribution in [-0.4, -0.2) is 23.1 Å². The van der Waals surface area contributed by atoms with E-state index < -0.39 is 23.1 Å². The van der Waals surface area contributed by atoms with E-state index in [0.29, 0.717) is 12.8 Å². The minimum absolute atomic E-state index is 0.235. The number of carbonyl (C=O) groups excluding carboxylic acids is 2. The Morgan fingerprint density at radius 1 is 0.818 bits per heavy atom. The molecule has 126 valence electrons. The Kier molecular flexibility index (Phi) is 5.85. The van der Waals surface area contributed by atoms with Crippen LogP contribution in [0.3, 0.4) is 0 Å². The molecule has 0 spiro atoms. The van der Waals surface area contributed by atoms with E-state index in [1.807, 2.05) is 13.8 Å². The van der Waals surface area contributed by atoms with Crippen LogP contribution in [0.5, 0.6) is 0 Å². The average Bonchev–Trinajstić information content (AvgIpc) is 2.23. The predicted molar refractivity (Wildman–Crippen MR) is 79.8 cm³/mol. The molecule has 0 bridgehead atoms. The van der Waals surface area contributed by atoms with E-state index in [9.17, 15) is 9.59 Å². The molecular formula is C16H26O6. The number of hydrogen-bond acceptors (Lipinski definition) is 6. The molecule has 0 saturated heterocycles. The van der Waals surface area contributed by atoms with Crippen LogP contribution in [0.25, 0.3) is 0 Å². The van der Waals surface area contributed by atoms with Gasteiger partial charge in [-0.15, -0.1) is 0 Å². The molecule has 0 radical (unpaired) electrons. The van der Waals surface area contributed by atoms with Gasteiger partial charge in [0.2, 0.25) is 0 Å². The van der Waals surface area contributed by atoms with Crippen molar-refractivity contribution in [3.05, 3.63) is 11.5 Å². The van der Waals surface area contributed by atoms with Crippen molar-refractivity contribution in [3.8, 4) is 0 Å². The maximum atomic E-state index is 12.0. The van der Waals surface area contributed by atoms with Crippen molar-refractivity contribution in [2.24, 2.45) is 0 Å². The van der Waals surface area contributed by atoms with Crippen molar-refractivity contribution in [3.63, 3.8) is 0 Å². The van der Waals surface area contributed by atoms with E-state index in [4.69, 9.17) is 9.47 Å². The van der Waals surface area contributed by atoms with Gasteiger partial charge in [-0.3, -0.25) is 9.15 Å². The fraction of sp³-hybridized carbons (Fsp3) is 0.750. The second-order valence-electron chi connectivity index (χ2n) is 6.62. The molecule has 1 aromatic rings. The van der Waals surface area contributed by atoms with Gasteiger partial charge in [0.25, 0.3) is 0 Å². The summed E-state index contributed by atoms with van der Waals surface area (Å²) in [5.74, 6) is -1.90. The van der Waals surface area contributed by atoms with Crippen LogP contribution in [0.4, 0.5) is 0 Å². The first-order valence-corrected chi connectivity index (χ1v) is 7.67. The Labute approximate surface area is 131 Å². The van der Waals surface area contributed by atoms with Gasteiger partial charge >= 0.3 is 23.5 Å². The van der Waals surface area contributed by atoms with Crippen LogP contribution in [0.1, 0.15) is 88.3 Å². The first kappa shape index (κ1) is 18.3. The first-order chi connectivity index (χ1) is 10.1. The number of rotatable bonds is 8. The van der Waals surface area contributed by atoms with Crippen molar-refractivity contribution >= 4 is 11.9 Å². The van der Waals surface area contributed by atoms with Crippen molar-refractivity contribution < 1.29 is 28.2 Å². The van der Waals surface area contributed by atoms with E-state index in [1.165, 1.54) is 0 Å². The van der Waals surface area contributed by atoms with Gasteiger partial charge in [0, 0.05) is 0 Å². The lowest BCUT2D eigenvalue weighted by Crippen LogP contribution is -2.31. The van der Waals surface area contributed by atoms with Crippen LogP contribution in [-0.2, 0) is 9.47 Å². The summed E-state index contributed by atoms with van der Waals surface area (Å²) in [4.78, 5) is 24.1. The number of hydrogen-bond donors (Lipinski definition) is 0. The maximum absolute atomic E-state index is 12.0. The largest absolute Gasteiger partial charge is 0.454 e. The molecule has 6 heteroatoms. The zero-order valence-corrected chi connectivity index (χ0v) is 14.3. The molecule has 0 aliphatic heterocycles. The summed E-state index contributed by atoms with van der Waals surface area (Å²) in [6, 6.07) is 0. The Morgan fingerprint density at radius 3 is 1.36 bits per heavy atom. The van der Waals surface area contributed by atoms with Crippen molar-refractivity contribution in [2.75, 3.05) is 0 Å². The Morgan fingerprint density at radius 2 is 1.14 bits per heavy atom. The Balaban J connectivity index is 2.72. The van der Waals surface area contributed by atoms with E-state index in [-0.39, 0.29) is 11.5 Å². The number of ether oxygens (including phenoxy) is 2. The van der Waals surface area contributed by atoms with Crippen LogP contribution in [0.15, 0.2) is 9.15 Å². The molecule has 22 heavy (non-hydrogen) atoms. The highest BCUT2D eigenvalue weighted by Crippen LogP contribution is 2.25. The van der Waals surface area contributed by atoms with Crippen molar-refractivity contribution in [1.82, 2.24) is 0 Å². The normalized spacial score (nSPS) is 12.3. The predicted octanol–water partition coefficient (Wildman–Crippen LogP) is 4.34. The van der Waals surface area contributed by atoms with Gasteiger partial charge in [-0.25, -0.2) is 9.59 Å². The van der Waals surface area contributed by atoms with Crippen molar-refractivity contribution in [2.45, 2.75) is 78.4 Å². The molecule has 6 nitrogen and oxygen atoms in total. The molecule has 0 amide bonds. The van der Waals surface area contributed by atoms with Crippen LogP contribution in [0.2, 0.25) is 0 Å². The lowest BCUT2D eigenvalue weighted by molar-refractivity contribution is -0.0658. The van der Waals surface area contributed by atoms with E-state index in [1.54, 1.807) is 27.7 Å². The Bertz CT molecular complexity index is 460. The van der Waals surface area contributed by atoms with Gasteiger partial charge in [-0.1, -0.05) is 26.7 Å². The molecule has 0 N–H and O–H groups in total. The summed E-state index contributed by atoms with van der Waals surface area (Å²) in [7, 11) is 0. The third-order valence-electron chi connectivity index (χ3n) is 3.23. The van der Waals surface area contributed by atoms with Gasteiger partial charge in [0.15, 0.2) is 0 Å². The van der Waals surface area contributed by atoms with Crippen LogP contribution >= 0.6 is 0 Å². The minimum Gasteiger partial charge on any atom is -0.454 e. The van der Waals surface area contributed by atoms with E-state index in [0.717, 1.165) is 12.8 Å². The fourth-order valence-corrected chi connectivity index (χ4v) is 2.28.